The lowest BCUT2D eigenvalue weighted by Crippen LogP contribution is -2.51. The first-order chi connectivity index (χ1) is 15.9. The molecule has 170 valence electrons. The summed E-state index contributed by atoms with van der Waals surface area (Å²) in [6.07, 6.45) is -0.884. The van der Waals surface area contributed by atoms with Gasteiger partial charge in [0.2, 0.25) is 0 Å². The summed E-state index contributed by atoms with van der Waals surface area (Å²) in [7, 11) is 1.49. The predicted molar refractivity (Wildman–Crippen MR) is 121 cm³/mol. The third-order valence-electron chi connectivity index (χ3n) is 5.15. The third-order valence-corrected chi connectivity index (χ3v) is 5.50. The fourth-order valence-electron chi connectivity index (χ4n) is 3.52. The highest BCUT2D eigenvalue weighted by Gasteiger charge is 2.34. The third kappa shape index (κ3) is 4.40. The Balaban J connectivity index is 1.51. The first-order valence-electron chi connectivity index (χ1n) is 10.2. The summed E-state index contributed by atoms with van der Waals surface area (Å²) in [5.74, 6) is -1.25. The number of aromatic nitrogens is 2. The fraction of sp³-hybridized carbons (Fsp3) is 0.217. The molecule has 0 saturated heterocycles. The van der Waals surface area contributed by atoms with Crippen molar-refractivity contribution in [2.45, 2.75) is 13.0 Å². The van der Waals surface area contributed by atoms with Gasteiger partial charge in [0.15, 0.2) is 12.7 Å². The molecule has 1 N–H and O–H groups in total. The molecule has 1 unspecified atom stereocenters. The molecule has 9 nitrogen and oxygen atoms in total. The number of carbonyl (C=O) groups excluding carboxylic acids is 3. The lowest BCUT2D eigenvalue weighted by molar-refractivity contribution is -0.128. The normalized spacial score (nSPS) is 14.8. The van der Waals surface area contributed by atoms with Gasteiger partial charge in [-0.05, 0) is 31.2 Å². The summed E-state index contributed by atoms with van der Waals surface area (Å²) < 4.78 is 12.4. The molecule has 2 amide bonds. The Morgan fingerprint density at radius 3 is 2.58 bits per heavy atom. The Labute approximate surface area is 194 Å². The van der Waals surface area contributed by atoms with Gasteiger partial charge in [-0.1, -0.05) is 41.9 Å². The van der Waals surface area contributed by atoms with Crippen molar-refractivity contribution in [3.63, 3.8) is 0 Å². The lowest BCUT2D eigenvalue weighted by Gasteiger charge is -2.33. The molecule has 3 aromatic rings. The molecule has 0 saturated carbocycles. The number of ether oxygens (including phenoxy) is 2. The largest absolute Gasteiger partial charge is 0.477 e. The Hall–Kier alpha value is -3.85. The van der Waals surface area contributed by atoms with Crippen LogP contribution in [0.1, 0.15) is 16.1 Å². The summed E-state index contributed by atoms with van der Waals surface area (Å²) in [5, 5.41) is 6.92. The molecule has 10 heteroatoms. The zero-order valence-corrected chi connectivity index (χ0v) is 18.7. The van der Waals surface area contributed by atoms with Crippen molar-refractivity contribution in [3.05, 3.63) is 71.0 Å². The quantitative estimate of drug-likeness (QED) is 0.577. The Kier molecular flexibility index (Phi) is 6.32. The van der Waals surface area contributed by atoms with Crippen molar-refractivity contribution in [2.24, 2.45) is 0 Å². The van der Waals surface area contributed by atoms with E-state index in [0.29, 0.717) is 22.8 Å². The van der Waals surface area contributed by atoms with Crippen LogP contribution in [0.5, 0.6) is 5.75 Å². The number of hydrogen-bond acceptors (Lipinski definition) is 6. The molecule has 1 aromatic heterocycles. The number of carbonyl (C=O) groups is 3. The van der Waals surface area contributed by atoms with Gasteiger partial charge in [0.05, 0.1) is 23.6 Å². The standard InChI is InChI=1S/C23H21ClN4O5/c1-14-20(21(24)28(26-14)15-8-4-3-5-9-15)23(31)32-13-19(29)27-12-18(22(30)25-2)33-17-11-7-6-10-16(17)27/h3-11,18H,12-13H2,1-2H3,(H,25,30). The van der Waals surface area contributed by atoms with E-state index in [4.69, 9.17) is 21.1 Å². The van der Waals surface area contributed by atoms with Gasteiger partial charge in [-0.25, -0.2) is 9.48 Å². The summed E-state index contributed by atoms with van der Waals surface area (Å²) in [5.41, 5.74) is 1.63. The minimum absolute atomic E-state index is 0.0151. The number of amides is 2. The maximum absolute atomic E-state index is 13.0. The van der Waals surface area contributed by atoms with Crippen LogP contribution in [0.3, 0.4) is 0 Å². The van der Waals surface area contributed by atoms with E-state index >= 15 is 0 Å². The van der Waals surface area contributed by atoms with E-state index in [1.807, 2.05) is 18.2 Å². The number of aryl methyl sites for hydroxylation is 1. The molecule has 2 aromatic carbocycles. The number of esters is 1. The first kappa shape index (κ1) is 22.3. The number of anilines is 1. The average molecular weight is 469 g/mol. The van der Waals surface area contributed by atoms with Gasteiger partial charge in [0.1, 0.15) is 16.5 Å². The van der Waals surface area contributed by atoms with Crippen molar-refractivity contribution in [2.75, 3.05) is 25.1 Å². The topological polar surface area (TPSA) is 103 Å². The minimum Gasteiger partial charge on any atom is -0.477 e. The van der Waals surface area contributed by atoms with Gasteiger partial charge >= 0.3 is 5.97 Å². The van der Waals surface area contributed by atoms with Crippen LogP contribution in [0.15, 0.2) is 54.6 Å². The second-order valence-electron chi connectivity index (χ2n) is 7.27. The van der Waals surface area contributed by atoms with Gasteiger partial charge in [0, 0.05) is 7.05 Å². The molecule has 0 radical (unpaired) electrons. The molecule has 0 spiro atoms. The van der Waals surface area contributed by atoms with E-state index in [1.54, 1.807) is 43.3 Å². The number of para-hydroxylation sites is 3. The second-order valence-corrected chi connectivity index (χ2v) is 7.63. The summed E-state index contributed by atoms with van der Waals surface area (Å²) >= 11 is 6.40. The highest BCUT2D eigenvalue weighted by Crippen LogP contribution is 2.33. The molecule has 0 fully saturated rings. The van der Waals surface area contributed by atoms with Crippen LogP contribution in [0.4, 0.5) is 5.69 Å². The van der Waals surface area contributed by atoms with E-state index in [2.05, 4.69) is 10.4 Å². The molecule has 1 aliphatic heterocycles. The predicted octanol–water partition coefficient (Wildman–Crippen LogP) is 2.53. The molecule has 4 rings (SSSR count). The van der Waals surface area contributed by atoms with Crippen LogP contribution in [0.25, 0.3) is 5.69 Å². The highest BCUT2D eigenvalue weighted by atomic mass is 35.5. The number of halogens is 1. The Morgan fingerprint density at radius 2 is 1.85 bits per heavy atom. The minimum atomic E-state index is -0.884. The smallest absolute Gasteiger partial charge is 0.343 e. The Morgan fingerprint density at radius 1 is 1.15 bits per heavy atom. The molecule has 0 bridgehead atoms. The molecule has 2 heterocycles. The van der Waals surface area contributed by atoms with Crippen molar-refractivity contribution in [1.29, 1.82) is 0 Å². The number of nitrogens with zero attached hydrogens (tertiary/aromatic N) is 3. The van der Waals surface area contributed by atoms with Crippen LogP contribution >= 0.6 is 11.6 Å². The zero-order chi connectivity index (χ0) is 23.5. The van der Waals surface area contributed by atoms with E-state index in [0.717, 1.165) is 0 Å². The number of fused-ring (bicyclic) bond motifs is 1. The van der Waals surface area contributed by atoms with E-state index in [-0.39, 0.29) is 23.2 Å². The maximum atomic E-state index is 13.0. The second kappa shape index (κ2) is 9.33. The van der Waals surface area contributed by atoms with Crippen LogP contribution in [-0.2, 0) is 14.3 Å². The molecule has 1 aliphatic rings. The van der Waals surface area contributed by atoms with Gasteiger partial charge in [0.25, 0.3) is 11.8 Å². The van der Waals surface area contributed by atoms with Crippen molar-refractivity contribution in [1.82, 2.24) is 15.1 Å². The molecule has 1 atom stereocenters. The van der Waals surface area contributed by atoms with Crippen LogP contribution in [0.2, 0.25) is 5.15 Å². The highest BCUT2D eigenvalue weighted by molar-refractivity contribution is 6.33. The maximum Gasteiger partial charge on any atom is 0.343 e. The van der Waals surface area contributed by atoms with Gasteiger partial charge in [-0.3, -0.25) is 9.59 Å². The molecular formula is C23H21ClN4O5. The van der Waals surface area contributed by atoms with Gasteiger partial charge in [-0.2, -0.15) is 5.10 Å². The van der Waals surface area contributed by atoms with Crippen molar-refractivity contribution < 1.29 is 23.9 Å². The molecule has 33 heavy (non-hydrogen) atoms. The van der Waals surface area contributed by atoms with E-state index in [9.17, 15) is 14.4 Å². The summed E-state index contributed by atoms with van der Waals surface area (Å²) in [4.78, 5) is 39.2. The van der Waals surface area contributed by atoms with Crippen molar-refractivity contribution >= 4 is 35.1 Å². The fourth-order valence-corrected chi connectivity index (χ4v) is 3.87. The van der Waals surface area contributed by atoms with Crippen molar-refractivity contribution in [3.8, 4) is 11.4 Å². The van der Waals surface area contributed by atoms with Gasteiger partial charge in [-0.15, -0.1) is 0 Å². The lowest BCUT2D eigenvalue weighted by atomic mass is 10.1. The molecule has 0 aliphatic carbocycles. The monoisotopic (exact) mass is 468 g/mol. The summed E-state index contributed by atoms with van der Waals surface area (Å²) in [6.45, 7) is 1.08. The van der Waals surface area contributed by atoms with Crippen LogP contribution in [0, 0.1) is 6.92 Å². The Bertz CT molecular complexity index is 1210. The van der Waals surface area contributed by atoms with Crippen LogP contribution in [-0.4, -0.2) is 53.9 Å². The SMILES string of the molecule is CNC(=O)C1CN(C(=O)COC(=O)c2c(C)nn(-c3ccccc3)c2Cl)c2ccccc2O1. The average Bonchev–Trinajstić information content (AvgIpc) is 3.15. The van der Waals surface area contributed by atoms with Crippen LogP contribution < -0.4 is 15.0 Å². The number of hydrogen-bond donors (Lipinski definition) is 1. The number of benzene rings is 2. The number of likely N-dealkylation sites (N-methyl/N-ethyl adjacent to an activating group) is 1. The van der Waals surface area contributed by atoms with Gasteiger partial charge < -0.3 is 19.7 Å². The zero-order valence-electron chi connectivity index (χ0n) is 17.9. The molecular weight excluding hydrogens is 448 g/mol. The summed E-state index contributed by atoms with van der Waals surface area (Å²) in [6, 6.07) is 16.0. The van der Waals surface area contributed by atoms with E-state index in [1.165, 1.54) is 16.6 Å². The number of nitrogens with one attached hydrogen (secondary N) is 1. The number of rotatable bonds is 5. The van der Waals surface area contributed by atoms with E-state index < -0.39 is 24.6 Å². The first-order valence-corrected chi connectivity index (χ1v) is 10.5.